The molecule has 156 valence electrons. The second-order valence-electron chi connectivity index (χ2n) is 8.18. The molecule has 8 heteroatoms. The maximum absolute atomic E-state index is 12.3. The molecule has 0 aromatic carbocycles. The van der Waals surface area contributed by atoms with Gasteiger partial charge in [-0.25, -0.2) is 9.59 Å². The molecule has 8 nitrogen and oxygen atoms in total. The van der Waals surface area contributed by atoms with Gasteiger partial charge in [0.1, 0.15) is 0 Å². The van der Waals surface area contributed by atoms with Crippen LogP contribution in [0.5, 0.6) is 0 Å². The molecule has 4 amide bonds. The van der Waals surface area contributed by atoms with Crippen molar-refractivity contribution in [2.45, 2.75) is 45.2 Å². The molecule has 0 saturated carbocycles. The van der Waals surface area contributed by atoms with E-state index in [0.717, 1.165) is 52.1 Å². The first-order valence-corrected chi connectivity index (χ1v) is 10.2. The van der Waals surface area contributed by atoms with Crippen LogP contribution in [0.2, 0.25) is 0 Å². The van der Waals surface area contributed by atoms with Gasteiger partial charge >= 0.3 is 12.1 Å². The fraction of sp³-hybridized carbons (Fsp3) is 0.895. The topological polar surface area (TPSA) is 77.2 Å². The Hall–Kier alpha value is -1.54. The van der Waals surface area contributed by atoms with Crippen molar-refractivity contribution < 1.29 is 14.3 Å². The molecule has 1 atom stereocenters. The lowest BCUT2D eigenvalue weighted by molar-refractivity contribution is 0.0191. The van der Waals surface area contributed by atoms with Gasteiger partial charge in [0, 0.05) is 72.1 Å². The van der Waals surface area contributed by atoms with Crippen LogP contribution in [-0.4, -0.2) is 98.9 Å². The van der Waals surface area contributed by atoms with Gasteiger partial charge in [0.25, 0.3) is 0 Å². The van der Waals surface area contributed by atoms with Gasteiger partial charge in [-0.15, -0.1) is 0 Å². The highest BCUT2D eigenvalue weighted by atomic mass is 16.5. The van der Waals surface area contributed by atoms with E-state index in [1.54, 1.807) is 19.0 Å². The summed E-state index contributed by atoms with van der Waals surface area (Å²) >= 11 is 0. The molecule has 2 aliphatic heterocycles. The Morgan fingerprint density at radius 1 is 1.11 bits per heavy atom. The van der Waals surface area contributed by atoms with Crippen LogP contribution in [-0.2, 0) is 4.74 Å². The Morgan fingerprint density at radius 3 is 2.44 bits per heavy atom. The molecule has 2 aliphatic rings. The van der Waals surface area contributed by atoms with Crippen molar-refractivity contribution in [3.8, 4) is 0 Å². The number of carbonyl (C=O) groups excluding carboxylic acids is 2. The molecule has 0 radical (unpaired) electrons. The SMILES string of the molecule is CC(C)CNC(=O)NCCN(C1CCOCC1)C1CCN(C(=O)N(C)C)C1. The summed E-state index contributed by atoms with van der Waals surface area (Å²) < 4.78 is 5.52. The second-order valence-corrected chi connectivity index (χ2v) is 8.18. The Morgan fingerprint density at radius 2 is 1.81 bits per heavy atom. The van der Waals surface area contributed by atoms with Crippen LogP contribution in [0.1, 0.15) is 33.1 Å². The zero-order valence-corrected chi connectivity index (χ0v) is 17.4. The number of nitrogens with zero attached hydrogens (tertiary/aromatic N) is 3. The van der Waals surface area contributed by atoms with E-state index in [4.69, 9.17) is 4.74 Å². The number of hydrogen-bond donors (Lipinski definition) is 2. The molecular weight excluding hydrogens is 346 g/mol. The summed E-state index contributed by atoms with van der Waals surface area (Å²) in [6.45, 7) is 9.38. The minimum atomic E-state index is -0.105. The summed E-state index contributed by atoms with van der Waals surface area (Å²) in [5.41, 5.74) is 0. The number of amides is 4. The molecule has 2 fully saturated rings. The highest BCUT2D eigenvalue weighted by Crippen LogP contribution is 2.23. The minimum Gasteiger partial charge on any atom is -0.381 e. The van der Waals surface area contributed by atoms with Crippen molar-refractivity contribution in [2.24, 2.45) is 5.92 Å². The molecule has 2 heterocycles. The summed E-state index contributed by atoms with van der Waals surface area (Å²) in [5.74, 6) is 0.438. The zero-order valence-electron chi connectivity index (χ0n) is 17.4. The van der Waals surface area contributed by atoms with Crippen molar-refractivity contribution >= 4 is 12.1 Å². The standard InChI is InChI=1S/C19H37N5O3/c1-15(2)13-21-18(25)20-8-10-24(16-6-11-27-12-7-16)17-5-9-23(14-17)19(26)22(3)4/h15-17H,5-14H2,1-4H3,(H2,20,21,25). The number of carbonyl (C=O) groups is 2. The smallest absolute Gasteiger partial charge is 0.319 e. The van der Waals surface area contributed by atoms with E-state index in [0.29, 0.717) is 31.1 Å². The van der Waals surface area contributed by atoms with Crippen LogP contribution >= 0.6 is 0 Å². The first-order chi connectivity index (χ1) is 12.9. The molecule has 0 spiro atoms. The molecule has 2 rings (SSSR count). The van der Waals surface area contributed by atoms with Crippen LogP contribution in [0.15, 0.2) is 0 Å². The Labute approximate surface area is 163 Å². The van der Waals surface area contributed by atoms with Gasteiger partial charge in [0.2, 0.25) is 0 Å². The van der Waals surface area contributed by atoms with Gasteiger partial charge in [-0.2, -0.15) is 0 Å². The summed E-state index contributed by atoms with van der Waals surface area (Å²) in [4.78, 5) is 30.3. The lowest BCUT2D eigenvalue weighted by Gasteiger charge is -2.38. The fourth-order valence-electron chi connectivity index (χ4n) is 3.81. The normalized spacial score (nSPS) is 21.0. The third-order valence-electron chi connectivity index (χ3n) is 5.27. The van der Waals surface area contributed by atoms with E-state index in [1.165, 1.54) is 0 Å². The van der Waals surface area contributed by atoms with Crippen molar-refractivity contribution in [1.82, 2.24) is 25.3 Å². The van der Waals surface area contributed by atoms with Gasteiger partial charge in [-0.1, -0.05) is 13.8 Å². The van der Waals surface area contributed by atoms with Gasteiger partial charge in [0.15, 0.2) is 0 Å². The quantitative estimate of drug-likeness (QED) is 0.692. The van der Waals surface area contributed by atoms with Crippen LogP contribution in [0.4, 0.5) is 9.59 Å². The van der Waals surface area contributed by atoms with E-state index in [-0.39, 0.29) is 12.1 Å². The Balaban J connectivity index is 1.88. The number of likely N-dealkylation sites (tertiary alicyclic amines) is 1. The third-order valence-corrected chi connectivity index (χ3v) is 5.27. The largest absolute Gasteiger partial charge is 0.381 e. The molecule has 2 saturated heterocycles. The molecule has 1 unspecified atom stereocenters. The third kappa shape index (κ3) is 6.84. The Kier molecular flexibility index (Phi) is 8.63. The van der Waals surface area contributed by atoms with Crippen LogP contribution in [0.3, 0.4) is 0 Å². The van der Waals surface area contributed by atoms with E-state index in [2.05, 4.69) is 29.4 Å². The first-order valence-electron chi connectivity index (χ1n) is 10.2. The summed E-state index contributed by atoms with van der Waals surface area (Å²) in [6.07, 6.45) is 3.01. The van der Waals surface area contributed by atoms with Crippen LogP contribution in [0, 0.1) is 5.92 Å². The number of urea groups is 2. The van der Waals surface area contributed by atoms with Crippen molar-refractivity contribution in [2.75, 3.05) is 60.0 Å². The Bertz CT molecular complexity index is 480. The monoisotopic (exact) mass is 383 g/mol. The molecule has 27 heavy (non-hydrogen) atoms. The minimum absolute atomic E-state index is 0.0793. The molecule has 0 aliphatic carbocycles. The van der Waals surface area contributed by atoms with E-state index in [9.17, 15) is 9.59 Å². The summed E-state index contributed by atoms with van der Waals surface area (Å²) in [5, 5.41) is 5.86. The lowest BCUT2D eigenvalue weighted by Crippen LogP contribution is -2.51. The van der Waals surface area contributed by atoms with Gasteiger partial charge in [-0.05, 0) is 25.2 Å². The van der Waals surface area contributed by atoms with Crippen molar-refractivity contribution in [3.05, 3.63) is 0 Å². The summed E-state index contributed by atoms with van der Waals surface area (Å²) in [6, 6.07) is 0.776. The number of rotatable bonds is 7. The van der Waals surface area contributed by atoms with Crippen molar-refractivity contribution in [3.63, 3.8) is 0 Å². The van der Waals surface area contributed by atoms with E-state index >= 15 is 0 Å². The van der Waals surface area contributed by atoms with E-state index < -0.39 is 0 Å². The highest BCUT2D eigenvalue weighted by Gasteiger charge is 2.34. The number of hydrogen-bond acceptors (Lipinski definition) is 4. The number of ether oxygens (including phenoxy) is 1. The maximum atomic E-state index is 12.3. The van der Waals surface area contributed by atoms with Crippen molar-refractivity contribution in [1.29, 1.82) is 0 Å². The zero-order chi connectivity index (χ0) is 19.8. The van der Waals surface area contributed by atoms with Gasteiger partial charge in [0.05, 0.1) is 0 Å². The van der Waals surface area contributed by atoms with E-state index in [1.807, 2.05) is 4.90 Å². The average molecular weight is 384 g/mol. The molecule has 0 aromatic rings. The fourth-order valence-corrected chi connectivity index (χ4v) is 3.81. The second kappa shape index (κ2) is 10.7. The van der Waals surface area contributed by atoms with Gasteiger partial charge in [-0.3, -0.25) is 4.90 Å². The maximum Gasteiger partial charge on any atom is 0.319 e. The van der Waals surface area contributed by atoms with Crippen LogP contribution in [0.25, 0.3) is 0 Å². The molecular formula is C19H37N5O3. The predicted molar refractivity (Wildman–Crippen MR) is 106 cm³/mol. The average Bonchev–Trinajstić information content (AvgIpc) is 3.13. The number of nitrogens with one attached hydrogen (secondary N) is 2. The molecule has 0 bridgehead atoms. The molecule has 2 N–H and O–H groups in total. The molecule has 0 aromatic heterocycles. The van der Waals surface area contributed by atoms with Gasteiger partial charge < -0.3 is 25.2 Å². The first kappa shape index (κ1) is 21.8. The predicted octanol–water partition coefficient (Wildman–Crippen LogP) is 1.18. The highest BCUT2D eigenvalue weighted by molar-refractivity contribution is 5.74. The lowest BCUT2D eigenvalue weighted by atomic mass is 10.0. The summed E-state index contributed by atoms with van der Waals surface area (Å²) in [7, 11) is 3.59. The van der Waals surface area contributed by atoms with Crippen LogP contribution < -0.4 is 10.6 Å².